The third-order valence-corrected chi connectivity index (χ3v) is 5.90. The number of carbonyl (C=O) groups excluding carboxylic acids is 2. The number of rotatable bonds is 5. The number of anilines is 2. The van der Waals surface area contributed by atoms with Crippen molar-refractivity contribution in [3.05, 3.63) is 47.5 Å². The van der Waals surface area contributed by atoms with E-state index in [4.69, 9.17) is 10.5 Å². The van der Waals surface area contributed by atoms with Crippen molar-refractivity contribution in [3.63, 3.8) is 0 Å². The maximum absolute atomic E-state index is 14.3. The summed E-state index contributed by atoms with van der Waals surface area (Å²) in [5, 5.41) is 7.40. The minimum absolute atomic E-state index is 0.00968. The van der Waals surface area contributed by atoms with Gasteiger partial charge in [-0.2, -0.15) is 18.3 Å². The Bertz CT molecular complexity index is 1290. The van der Waals surface area contributed by atoms with Gasteiger partial charge in [-0.15, -0.1) is 0 Å². The molecular formula is C23H24F4N6O3. The molecule has 13 heteroatoms. The van der Waals surface area contributed by atoms with Crippen LogP contribution in [0.2, 0.25) is 0 Å². The Morgan fingerprint density at radius 2 is 2.08 bits per heavy atom. The molecule has 3 N–H and O–H groups in total. The third kappa shape index (κ3) is 5.25. The number of hydrogen-bond donors (Lipinski definition) is 2. The van der Waals surface area contributed by atoms with Gasteiger partial charge in [0, 0.05) is 31.5 Å². The first kappa shape index (κ1) is 25.4. The van der Waals surface area contributed by atoms with E-state index in [0.29, 0.717) is 23.6 Å². The van der Waals surface area contributed by atoms with Crippen LogP contribution in [-0.4, -0.2) is 44.6 Å². The first-order valence-corrected chi connectivity index (χ1v) is 11.3. The van der Waals surface area contributed by atoms with Gasteiger partial charge in [-0.25, -0.2) is 14.1 Å². The second kappa shape index (κ2) is 10.1. The van der Waals surface area contributed by atoms with E-state index in [0.717, 1.165) is 36.3 Å². The molecule has 3 aromatic rings. The Morgan fingerprint density at radius 3 is 2.72 bits per heavy atom. The Kier molecular flexibility index (Phi) is 7.11. The number of nitrogen functional groups attached to an aromatic ring is 1. The quantitative estimate of drug-likeness (QED) is 0.400. The number of carbonyl (C=O) groups is 2. The second-order valence-corrected chi connectivity index (χ2v) is 8.33. The summed E-state index contributed by atoms with van der Waals surface area (Å²) in [5.41, 5.74) is 5.12. The van der Waals surface area contributed by atoms with Crippen molar-refractivity contribution in [1.82, 2.24) is 19.7 Å². The molecule has 1 aliphatic heterocycles. The lowest BCUT2D eigenvalue weighted by Gasteiger charge is -2.22. The van der Waals surface area contributed by atoms with Crippen LogP contribution in [0, 0.1) is 5.82 Å². The molecule has 1 aromatic carbocycles. The number of fused-ring (bicyclic) bond motifs is 1. The molecule has 0 spiro atoms. The highest BCUT2D eigenvalue weighted by Gasteiger charge is 2.31. The highest BCUT2D eigenvalue weighted by molar-refractivity contribution is 6.40. The topological polar surface area (TPSA) is 115 Å². The molecule has 1 saturated heterocycles. The van der Waals surface area contributed by atoms with E-state index in [2.05, 4.69) is 15.4 Å². The molecule has 4 rings (SSSR count). The van der Waals surface area contributed by atoms with Crippen molar-refractivity contribution in [2.75, 3.05) is 24.2 Å². The van der Waals surface area contributed by atoms with Crippen molar-refractivity contribution in [1.29, 1.82) is 0 Å². The monoisotopic (exact) mass is 508 g/mol. The molecule has 1 aliphatic rings. The van der Waals surface area contributed by atoms with Crippen LogP contribution >= 0.6 is 0 Å². The predicted octanol–water partition coefficient (Wildman–Crippen LogP) is 3.86. The first-order valence-electron chi connectivity index (χ1n) is 11.3. The van der Waals surface area contributed by atoms with Crippen LogP contribution < -0.4 is 11.1 Å². The van der Waals surface area contributed by atoms with Gasteiger partial charge in [0.15, 0.2) is 0 Å². The second-order valence-electron chi connectivity index (χ2n) is 8.33. The molecule has 36 heavy (non-hydrogen) atoms. The first-order chi connectivity index (χ1) is 17.1. The van der Waals surface area contributed by atoms with Crippen molar-refractivity contribution >= 4 is 34.2 Å². The zero-order valence-corrected chi connectivity index (χ0v) is 19.3. The van der Waals surface area contributed by atoms with Gasteiger partial charge in [0.2, 0.25) is 0 Å². The van der Waals surface area contributed by atoms with Crippen LogP contribution in [0.15, 0.2) is 30.6 Å². The lowest BCUT2D eigenvalue weighted by molar-refractivity contribution is -0.143. The molecular weight excluding hydrogens is 484 g/mol. The average molecular weight is 508 g/mol. The Hall–Kier alpha value is -3.74. The zero-order valence-electron chi connectivity index (χ0n) is 19.3. The number of nitrogens with zero attached hydrogens (tertiary/aromatic N) is 4. The summed E-state index contributed by atoms with van der Waals surface area (Å²) in [6, 6.07) is 2.02. The van der Waals surface area contributed by atoms with Crippen molar-refractivity contribution in [3.8, 4) is 0 Å². The van der Waals surface area contributed by atoms with E-state index in [-0.39, 0.29) is 29.8 Å². The molecule has 1 unspecified atom stereocenters. The molecule has 0 radical (unpaired) electrons. The highest BCUT2D eigenvalue weighted by atomic mass is 19.4. The van der Waals surface area contributed by atoms with Crippen LogP contribution in [0.3, 0.4) is 0 Å². The molecule has 1 fully saturated rings. The van der Waals surface area contributed by atoms with Gasteiger partial charge >= 0.3 is 18.0 Å². The van der Waals surface area contributed by atoms with Crippen LogP contribution in [0.25, 0.3) is 10.9 Å². The standard InChI is InChI=1S/C23H24F4N6O3/c1-2-32(11-13-6-7-14(9-16(13)24)23(25,26)27)22(35)21(34)30-17-10-29-20(28)15-12-33(31-19(15)17)18-5-3-4-8-36-18/h6-7,9-10,12,18H,2-5,8,11H2,1H3,(H2,28,29)(H,30,34). The van der Waals surface area contributed by atoms with Gasteiger partial charge in [-0.1, -0.05) is 6.07 Å². The number of likely N-dealkylation sites (N-methyl/N-ethyl adjacent to an activating group) is 1. The molecule has 0 aliphatic carbocycles. The van der Waals surface area contributed by atoms with Crippen LogP contribution in [-0.2, 0) is 27.0 Å². The molecule has 1 atom stereocenters. The molecule has 2 aromatic heterocycles. The summed E-state index contributed by atoms with van der Waals surface area (Å²) in [7, 11) is 0. The minimum atomic E-state index is -4.70. The number of hydrogen-bond acceptors (Lipinski definition) is 6. The SMILES string of the molecule is CCN(Cc1ccc(C(F)(F)F)cc1F)C(=O)C(=O)Nc1cnc(N)c2cn(C3CCCCO3)nc12. The van der Waals surface area contributed by atoms with Gasteiger partial charge in [-0.3, -0.25) is 9.59 Å². The number of pyridine rings is 1. The lowest BCUT2D eigenvalue weighted by atomic mass is 10.1. The van der Waals surface area contributed by atoms with E-state index in [1.807, 2.05) is 0 Å². The fourth-order valence-electron chi connectivity index (χ4n) is 3.92. The molecule has 2 amide bonds. The molecule has 0 saturated carbocycles. The number of nitrogens with two attached hydrogens (primary N) is 1. The van der Waals surface area contributed by atoms with E-state index in [9.17, 15) is 27.2 Å². The lowest BCUT2D eigenvalue weighted by Crippen LogP contribution is -2.39. The molecule has 192 valence electrons. The van der Waals surface area contributed by atoms with Gasteiger partial charge in [-0.05, 0) is 38.3 Å². The molecule has 3 heterocycles. The van der Waals surface area contributed by atoms with E-state index in [1.165, 1.54) is 6.20 Å². The van der Waals surface area contributed by atoms with Gasteiger partial charge in [0.05, 0.1) is 22.8 Å². The number of amides is 2. The van der Waals surface area contributed by atoms with E-state index in [1.54, 1.807) is 17.8 Å². The summed E-state index contributed by atoms with van der Waals surface area (Å²) in [4.78, 5) is 30.6. The number of ether oxygens (including phenoxy) is 1. The fourth-order valence-corrected chi connectivity index (χ4v) is 3.92. The Balaban J connectivity index is 1.52. The normalized spacial score (nSPS) is 16.2. The Morgan fingerprint density at radius 1 is 1.31 bits per heavy atom. The predicted molar refractivity (Wildman–Crippen MR) is 122 cm³/mol. The maximum Gasteiger partial charge on any atom is 0.416 e. The van der Waals surface area contributed by atoms with Crippen molar-refractivity contribution < 1.29 is 31.9 Å². The van der Waals surface area contributed by atoms with Gasteiger partial charge in [0.25, 0.3) is 0 Å². The van der Waals surface area contributed by atoms with Crippen molar-refractivity contribution in [2.24, 2.45) is 0 Å². The van der Waals surface area contributed by atoms with E-state index < -0.39 is 35.9 Å². The summed E-state index contributed by atoms with van der Waals surface area (Å²) < 4.78 is 60.0. The van der Waals surface area contributed by atoms with Crippen LogP contribution in [0.4, 0.5) is 29.1 Å². The summed E-state index contributed by atoms with van der Waals surface area (Å²) in [5.74, 6) is -2.99. The zero-order chi connectivity index (χ0) is 26.0. The Labute approximate surface area is 203 Å². The minimum Gasteiger partial charge on any atom is -0.383 e. The smallest absolute Gasteiger partial charge is 0.383 e. The molecule has 9 nitrogen and oxygen atoms in total. The van der Waals surface area contributed by atoms with Crippen LogP contribution in [0.1, 0.15) is 43.5 Å². The third-order valence-electron chi connectivity index (χ3n) is 5.90. The largest absolute Gasteiger partial charge is 0.416 e. The number of benzene rings is 1. The highest BCUT2D eigenvalue weighted by Crippen LogP contribution is 2.31. The number of alkyl halides is 3. The summed E-state index contributed by atoms with van der Waals surface area (Å²) in [6.45, 7) is 1.77. The number of halogens is 4. The van der Waals surface area contributed by atoms with E-state index >= 15 is 0 Å². The summed E-state index contributed by atoms with van der Waals surface area (Å²) in [6.07, 6.45) is 0.629. The van der Waals surface area contributed by atoms with Gasteiger partial charge in [0.1, 0.15) is 23.4 Å². The number of nitrogens with one attached hydrogen (secondary N) is 1. The summed E-state index contributed by atoms with van der Waals surface area (Å²) >= 11 is 0. The van der Waals surface area contributed by atoms with Crippen molar-refractivity contribution in [2.45, 2.75) is 45.1 Å². The van der Waals surface area contributed by atoms with Crippen LogP contribution in [0.5, 0.6) is 0 Å². The van der Waals surface area contributed by atoms with Gasteiger partial charge < -0.3 is 20.7 Å². The molecule has 0 bridgehead atoms. The maximum atomic E-state index is 14.3. The average Bonchev–Trinajstić information content (AvgIpc) is 3.31. The number of aromatic nitrogens is 3. The fraction of sp³-hybridized carbons (Fsp3) is 0.391.